The molecule has 0 unspecified atom stereocenters. The summed E-state index contributed by atoms with van der Waals surface area (Å²) in [6, 6.07) is 8.13. The van der Waals surface area contributed by atoms with Crippen LogP contribution in [0.4, 0.5) is 0 Å². The van der Waals surface area contributed by atoms with Crippen molar-refractivity contribution in [2.45, 2.75) is 32.7 Å². The number of nitrogens with one attached hydrogen (secondary N) is 2. The van der Waals surface area contributed by atoms with Crippen LogP contribution < -0.4 is 15.4 Å². The van der Waals surface area contributed by atoms with Gasteiger partial charge in [-0.3, -0.25) is 0 Å². The highest BCUT2D eigenvalue weighted by Gasteiger charge is 2.21. The summed E-state index contributed by atoms with van der Waals surface area (Å²) in [6.45, 7) is 8.76. The lowest BCUT2D eigenvalue weighted by molar-refractivity contribution is 0.397. The summed E-state index contributed by atoms with van der Waals surface area (Å²) in [5.74, 6) is 1.43. The first-order valence-electron chi connectivity index (χ1n) is 8.10. The van der Waals surface area contributed by atoms with E-state index in [9.17, 15) is 0 Å². The maximum absolute atomic E-state index is 5.15. The summed E-state index contributed by atoms with van der Waals surface area (Å²) in [4.78, 5) is 10.1. The Morgan fingerprint density at radius 2 is 2.12 bits per heavy atom. The van der Waals surface area contributed by atoms with Gasteiger partial charge in [0.25, 0.3) is 0 Å². The molecule has 0 aliphatic carbocycles. The fourth-order valence-corrected chi connectivity index (χ4v) is 3.08. The summed E-state index contributed by atoms with van der Waals surface area (Å²) in [6.07, 6.45) is 1.74. The van der Waals surface area contributed by atoms with Crippen molar-refractivity contribution in [3.63, 3.8) is 0 Å². The molecule has 25 heavy (non-hydrogen) atoms. The van der Waals surface area contributed by atoms with E-state index in [0.717, 1.165) is 24.6 Å². The Morgan fingerprint density at radius 1 is 1.32 bits per heavy atom. The molecular formula is C18H27IN4OS. The number of ether oxygens (including phenoxy) is 1. The van der Waals surface area contributed by atoms with Crippen LogP contribution in [0.3, 0.4) is 0 Å². The second-order valence-corrected chi connectivity index (χ2v) is 7.06. The Labute approximate surface area is 171 Å². The molecule has 0 radical (unpaired) electrons. The largest absolute Gasteiger partial charge is 0.481 e. The molecule has 2 heterocycles. The van der Waals surface area contributed by atoms with E-state index in [1.165, 1.54) is 4.88 Å². The normalized spacial score (nSPS) is 11.6. The average Bonchev–Trinajstić information content (AvgIpc) is 3.13. The number of nitrogens with zero attached hydrogens (tertiary/aromatic N) is 2. The lowest BCUT2D eigenvalue weighted by Gasteiger charge is -2.25. The van der Waals surface area contributed by atoms with Gasteiger partial charge in [0.2, 0.25) is 5.88 Å². The standard InChI is InChI=1S/C18H26N4OS.HI/c1-5-19-17(21-12-14-8-9-20-16(11-14)23-4)22-13-18(2,3)15-7-6-10-24-15;/h6-11H,5,12-13H2,1-4H3,(H2,19,21,22);1H. The average molecular weight is 474 g/mol. The van der Waals surface area contributed by atoms with Crippen LogP contribution in [-0.2, 0) is 12.0 Å². The Kier molecular flexibility index (Phi) is 9.20. The fraction of sp³-hybridized carbons (Fsp3) is 0.444. The highest BCUT2D eigenvalue weighted by Crippen LogP contribution is 2.26. The van der Waals surface area contributed by atoms with Crippen LogP contribution in [0.25, 0.3) is 0 Å². The van der Waals surface area contributed by atoms with Gasteiger partial charge in [-0.05, 0) is 30.0 Å². The third kappa shape index (κ3) is 6.81. The van der Waals surface area contributed by atoms with Crippen LogP contribution in [0, 0.1) is 0 Å². The number of aromatic nitrogens is 1. The van der Waals surface area contributed by atoms with Crippen LogP contribution in [0.1, 0.15) is 31.2 Å². The first-order chi connectivity index (χ1) is 11.5. The van der Waals surface area contributed by atoms with Gasteiger partial charge in [0.05, 0.1) is 13.7 Å². The molecular weight excluding hydrogens is 447 g/mol. The number of rotatable bonds is 7. The zero-order chi connectivity index (χ0) is 17.4. The summed E-state index contributed by atoms with van der Waals surface area (Å²) < 4.78 is 5.15. The molecule has 0 atom stereocenters. The Balaban J connectivity index is 0.00000312. The third-order valence-corrected chi connectivity index (χ3v) is 4.89. The predicted molar refractivity (Wildman–Crippen MR) is 116 cm³/mol. The number of guanidine groups is 1. The van der Waals surface area contributed by atoms with Gasteiger partial charge >= 0.3 is 0 Å². The first-order valence-corrected chi connectivity index (χ1v) is 8.98. The minimum absolute atomic E-state index is 0. The molecule has 0 aliphatic heterocycles. The molecule has 0 aromatic carbocycles. The number of aliphatic imine (C=N–C) groups is 1. The highest BCUT2D eigenvalue weighted by atomic mass is 127. The Hall–Kier alpha value is -1.35. The van der Waals surface area contributed by atoms with Gasteiger partial charge in [-0.15, -0.1) is 35.3 Å². The number of hydrogen-bond acceptors (Lipinski definition) is 4. The number of hydrogen-bond donors (Lipinski definition) is 2. The highest BCUT2D eigenvalue weighted by molar-refractivity contribution is 14.0. The molecule has 0 saturated heterocycles. The molecule has 0 amide bonds. The molecule has 7 heteroatoms. The minimum atomic E-state index is 0. The molecule has 138 valence electrons. The molecule has 2 rings (SSSR count). The van der Waals surface area contributed by atoms with E-state index >= 15 is 0 Å². The van der Waals surface area contributed by atoms with E-state index < -0.39 is 0 Å². The predicted octanol–water partition coefficient (Wildman–Crippen LogP) is 3.80. The molecule has 2 aromatic rings. The van der Waals surface area contributed by atoms with Crippen molar-refractivity contribution < 1.29 is 4.74 Å². The minimum Gasteiger partial charge on any atom is -0.481 e. The summed E-state index contributed by atoms with van der Waals surface area (Å²) in [5.41, 5.74) is 1.13. The number of thiophene rings is 1. The smallest absolute Gasteiger partial charge is 0.213 e. The third-order valence-electron chi connectivity index (χ3n) is 3.66. The van der Waals surface area contributed by atoms with E-state index in [-0.39, 0.29) is 29.4 Å². The summed E-state index contributed by atoms with van der Waals surface area (Å²) in [5, 5.41) is 8.86. The van der Waals surface area contributed by atoms with Crippen molar-refractivity contribution in [2.75, 3.05) is 20.2 Å². The fourth-order valence-electron chi connectivity index (χ4n) is 2.23. The lowest BCUT2D eigenvalue weighted by Crippen LogP contribution is -2.43. The van der Waals surface area contributed by atoms with Crippen molar-refractivity contribution >= 4 is 41.3 Å². The van der Waals surface area contributed by atoms with Crippen LogP contribution in [0.5, 0.6) is 5.88 Å². The number of halogens is 1. The molecule has 5 nitrogen and oxygen atoms in total. The molecule has 0 saturated carbocycles. The zero-order valence-corrected chi connectivity index (χ0v) is 18.4. The summed E-state index contributed by atoms with van der Waals surface area (Å²) in [7, 11) is 1.62. The molecule has 2 aromatic heterocycles. The number of pyridine rings is 1. The Bertz CT molecular complexity index is 659. The molecule has 0 bridgehead atoms. The van der Waals surface area contributed by atoms with E-state index in [0.29, 0.717) is 12.4 Å². The van der Waals surface area contributed by atoms with Crippen LogP contribution >= 0.6 is 35.3 Å². The van der Waals surface area contributed by atoms with E-state index in [1.54, 1.807) is 24.6 Å². The van der Waals surface area contributed by atoms with Gasteiger partial charge in [-0.2, -0.15) is 0 Å². The monoisotopic (exact) mass is 474 g/mol. The second-order valence-electron chi connectivity index (χ2n) is 6.12. The van der Waals surface area contributed by atoms with Gasteiger partial charge in [0.15, 0.2) is 5.96 Å². The van der Waals surface area contributed by atoms with Gasteiger partial charge in [-0.25, -0.2) is 9.98 Å². The second kappa shape index (κ2) is 10.6. The quantitative estimate of drug-likeness (QED) is 0.364. The molecule has 0 fully saturated rings. The topological polar surface area (TPSA) is 58.5 Å². The van der Waals surface area contributed by atoms with Gasteiger partial charge < -0.3 is 15.4 Å². The molecule has 2 N–H and O–H groups in total. The van der Waals surface area contributed by atoms with Crippen LogP contribution in [0.15, 0.2) is 40.8 Å². The molecule has 0 aliphatic rings. The number of methoxy groups -OCH3 is 1. The van der Waals surface area contributed by atoms with Crippen molar-refractivity contribution in [1.82, 2.24) is 15.6 Å². The van der Waals surface area contributed by atoms with Crippen LogP contribution in [-0.4, -0.2) is 31.1 Å². The SMILES string of the molecule is CCNC(=NCc1ccnc(OC)c1)NCC(C)(C)c1cccs1.I. The van der Waals surface area contributed by atoms with Crippen molar-refractivity contribution in [3.05, 3.63) is 46.3 Å². The van der Waals surface area contributed by atoms with E-state index in [1.807, 2.05) is 12.1 Å². The van der Waals surface area contributed by atoms with Crippen molar-refractivity contribution in [1.29, 1.82) is 0 Å². The van der Waals surface area contributed by atoms with E-state index in [2.05, 4.69) is 58.9 Å². The van der Waals surface area contributed by atoms with Gasteiger partial charge in [0.1, 0.15) is 0 Å². The van der Waals surface area contributed by atoms with E-state index in [4.69, 9.17) is 4.74 Å². The van der Waals surface area contributed by atoms with Gasteiger partial charge in [-0.1, -0.05) is 19.9 Å². The summed E-state index contributed by atoms with van der Waals surface area (Å²) >= 11 is 1.79. The van der Waals surface area contributed by atoms with Crippen molar-refractivity contribution in [3.8, 4) is 5.88 Å². The Morgan fingerprint density at radius 3 is 2.76 bits per heavy atom. The first kappa shape index (κ1) is 21.7. The zero-order valence-electron chi connectivity index (χ0n) is 15.2. The maximum atomic E-state index is 5.15. The van der Waals surface area contributed by atoms with Crippen LogP contribution in [0.2, 0.25) is 0 Å². The molecule has 0 spiro atoms. The maximum Gasteiger partial charge on any atom is 0.213 e. The lowest BCUT2D eigenvalue weighted by atomic mass is 9.91. The van der Waals surface area contributed by atoms with Gasteiger partial charge in [0, 0.05) is 35.6 Å². The van der Waals surface area contributed by atoms with Crippen molar-refractivity contribution in [2.24, 2.45) is 4.99 Å².